The van der Waals surface area contributed by atoms with Crippen LogP contribution in [0.25, 0.3) is 0 Å². The van der Waals surface area contributed by atoms with Crippen LogP contribution in [-0.4, -0.2) is 43.3 Å². The van der Waals surface area contributed by atoms with Gasteiger partial charge in [-0.05, 0) is 38.7 Å². The number of hydrogen-bond acceptors (Lipinski definition) is 3. The summed E-state index contributed by atoms with van der Waals surface area (Å²) in [7, 11) is 0. The standard InChI is InChI=1S/C18H28N2O/c1-15-12-20(13-17-10-6-7-11-21-17)18(2,14-19-15)16-8-4-3-5-9-16/h3-5,8-9,15,17,19H,6-7,10-14H2,1-2H3. The van der Waals surface area contributed by atoms with Crippen molar-refractivity contribution in [1.82, 2.24) is 10.2 Å². The maximum absolute atomic E-state index is 5.98. The number of hydrogen-bond donors (Lipinski definition) is 1. The van der Waals surface area contributed by atoms with E-state index in [0.29, 0.717) is 12.1 Å². The minimum atomic E-state index is 0.0641. The first-order chi connectivity index (χ1) is 10.2. The molecule has 1 N–H and O–H groups in total. The predicted octanol–water partition coefficient (Wildman–Crippen LogP) is 2.76. The van der Waals surface area contributed by atoms with Crippen molar-refractivity contribution < 1.29 is 4.74 Å². The maximum atomic E-state index is 5.98. The van der Waals surface area contributed by atoms with Gasteiger partial charge in [-0.15, -0.1) is 0 Å². The van der Waals surface area contributed by atoms with Gasteiger partial charge in [-0.2, -0.15) is 0 Å². The van der Waals surface area contributed by atoms with Gasteiger partial charge < -0.3 is 10.1 Å². The highest BCUT2D eigenvalue weighted by molar-refractivity contribution is 5.25. The van der Waals surface area contributed by atoms with Crippen LogP contribution >= 0.6 is 0 Å². The molecule has 21 heavy (non-hydrogen) atoms. The molecule has 1 aromatic carbocycles. The molecule has 3 nitrogen and oxygen atoms in total. The van der Waals surface area contributed by atoms with Crippen LogP contribution < -0.4 is 5.32 Å². The van der Waals surface area contributed by atoms with Gasteiger partial charge in [-0.25, -0.2) is 0 Å². The molecule has 0 saturated carbocycles. The Bertz CT molecular complexity index is 444. The van der Waals surface area contributed by atoms with Gasteiger partial charge in [-0.3, -0.25) is 4.90 Å². The van der Waals surface area contributed by atoms with Crippen molar-refractivity contribution in [3.63, 3.8) is 0 Å². The average Bonchev–Trinajstić information content (AvgIpc) is 2.53. The Kier molecular flexibility index (Phi) is 4.63. The molecule has 2 aliphatic rings. The first-order valence-electron chi connectivity index (χ1n) is 8.34. The summed E-state index contributed by atoms with van der Waals surface area (Å²) in [6.45, 7) is 8.73. The van der Waals surface area contributed by atoms with Crippen LogP contribution in [0.5, 0.6) is 0 Å². The zero-order chi connectivity index (χ0) is 14.7. The second-order valence-corrected chi connectivity index (χ2v) is 6.82. The molecule has 2 saturated heterocycles. The molecular formula is C18H28N2O. The monoisotopic (exact) mass is 288 g/mol. The van der Waals surface area contributed by atoms with Crippen molar-refractivity contribution in [3.05, 3.63) is 35.9 Å². The molecule has 0 radical (unpaired) electrons. The zero-order valence-electron chi connectivity index (χ0n) is 13.3. The smallest absolute Gasteiger partial charge is 0.0702 e. The van der Waals surface area contributed by atoms with Crippen molar-refractivity contribution in [3.8, 4) is 0 Å². The Morgan fingerprint density at radius 1 is 1.29 bits per heavy atom. The maximum Gasteiger partial charge on any atom is 0.0702 e. The molecule has 3 unspecified atom stereocenters. The van der Waals surface area contributed by atoms with Crippen molar-refractivity contribution in [2.45, 2.75) is 50.8 Å². The normalized spacial score (nSPS) is 34.8. The lowest BCUT2D eigenvalue weighted by Gasteiger charge is -2.49. The SMILES string of the molecule is CC1CN(CC2CCCCO2)C(C)(c2ccccc2)CN1. The van der Waals surface area contributed by atoms with E-state index < -0.39 is 0 Å². The Labute approximate surface area is 128 Å². The van der Waals surface area contributed by atoms with Crippen LogP contribution in [-0.2, 0) is 10.3 Å². The van der Waals surface area contributed by atoms with Crippen molar-refractivity contribution in [2.24, 2.45) is 0 Å². The Morgan fingerprint density at radius 2 is 2.10 bits per heavy atom. The van der Waals surface area contributed by atoms with E-state index in [1.807, 2.05) is 0 Å². The van der Waals surface area contributed by atoms with Gasteiger partial charge in [0, 0.05) is 32.3 Å². The summed E-state index contributed by atoms with van der Waals surface area (Å²) >= 11 is 0. The predicted molar refractivity (Wildman–Crippen MR) is 86.4 cm³/mol. The molecule has 3 heteroatoms. The van der Waals surface area contributed by atoms with Gasteiger partial charge in [0.25, 0.3) is 0 Å². The summed E-state index contributed by atoms with van der Waals surface area (Å²) in [5.74, 6) is 0. The summed E-state index contributed by atoms with van der Waals surface area (Å²) in [5, 5.41) is 3.66. The lowest BCUT2D eigenvalue weighted by molar-refractivity contribution is -0.0424. The molecule has 3 atom stereocenters. The van der Waals surface area contributed by atoms with E-state index in [1.165, 1.54) is 24.8 Å². The van der Waals surface area contributed by atoms with E-state index in [9.17, 15) is 0 Å². The number of nitrogens with one attached hydrogen (secondary N) is 1. The molecular weight excluding hydrogens is 260 g/mol. The highest BCUT2D eigenvalue weighted by Crippen LogP contribution is 2.31. The number of benzene rings is 1. The summed E-state index contributed by atoms with van der Waals surface area (Å²) < 4.78 is 5.98. The van der Waals surface area contributed by atoms with Gasteiger partial charge >= 0.3 is 0 Å². The molecule has 0 spiro atoms. The van der Waals surface area contributed by atoms with Crippen LogP contribution in [0.1, 0.15) is 38.7 Å². The van der Waals surface area contributed by atoms with E-state index >= 15 is 0 Å². The van der Waals surface area contributed by atoms with E-state index in [4.69, 9.17) is 4.74 Å². The van der Waals surface area contributed by atoms with Gasteiger partial charge in [-0.1, -0.05) is 30.3 Å². The summed E-state index contributed by atoms with van der Waals surface area (Å²) in [6.07, 6.45) is 4.16. The summed E-state index contributed by atoms with van der Waals surface area (Å²) in [5.41, 5.74) is 1.47. The largest absolute Gasteiger partial charge is 0.377 e. The molecule has 0 amide bonds. The third-order valence-corrected chi connectivity index (χ3v) is 5.08. The second-order valence-electron chi connectivity index (χ2n) is 6.82. The number of piperazine rings is 1. The highest BCUT2D eigenvalue weighted by Gasteiger charge is 2.39. The lowest BCUT2D eigenvalue weighted by atomic mass is 9.86. The topological polar surface area (TPSA) is 24.5 Å². The fourth-order valence-corrected chi connectivity index (χ4v) is 3.64. The molecule has 0 bridgehead atoms. The van der Waals surface area contributed by atoms with E-state index in [1.54, 1.807) is 0 Å². The van der Waals surface area contributed by atoms with Gasteiger partial charge in [0.15, 0.2) is 0 Å². The first-order valence-corrected chi connectivity index (χ1v) is 8.34. The van der Waals surface area contributed by atoms with Crippen molar-refractivity contribution >= 4 is 0 Å². The Hall–Kier alpha value is -0.900. The third-order valence-electron chi connectivity index (χ3n) is 5.08. The van der Waals surface area contributed by atoms with Crippen LogP contribution in [0.15, 0.2) is 30.3 Å². The molecule has 116 valence electrons. The molecule has 2 aliphatic heterocycles. The molecule has 0 aromatic heterocycles. The molecule has 2 fully saturated rings. The fraction of sp³-hybridized carbons (Fsp3) is 0.667. The molecule has 2 heterocycles. The Balaban J connectivity index is 1.79. The highest BCUT2D eigenvalue weighted by atomic mass is 16.5. The summed E-state index contributed by atoms with van der Waals surface area (Å²) in [4.78, 5) is 2.64. The molecule has 0 aliphatic carbocycles. The first kappa shape index (κ1) is 15.0. The van der Waals surface area contributed by atoms with Gasteiger partial charge in [0.2, 0.25) is 0 Å². The van der Waals surface area contributed by atoms with Crippen molar-refractivity contribution in [1.29, 1.82) is 0 Å². The quantitative estimate of drug-likeness (QED) is 0.925. The van der Waals surface area contributed by atoms with E-state index in [0.717, 1.165) is 26.2 Å². The Morgan fingerprint density at radius 3 is 2.81 bits per heavy atom. The molecule has 1 aromatic rings. The van der Waals surface area contributed by atoms with Gasteiger partial charge in [0.1, 0.15) is 0 Å². The second kappa shape index (κ2) is 6.47. The van der Waals surface area contributed by atoms with Gasteiger partial charge in [0.05, 0.1) is 11.6 Å². The van der Waals surface area contributed by atoms with Crippen LogP contribution in [0, 0.1) is 0 Å². The number of ether oxygens (including phenoxy) is 1. The minimum Gasteiger partial charge on any atom is -0.377 e. The van der Waals surface area contributed by atoms with Crippen LogP contribution in [0.3, 0.4) is 0 Å². The third kappa shape index (κ3) is 3.31. The van der Waals surface area contributed by atoms with Crippen LogP contribution in [0.4, 0.5) is 0 Å². The average molecular weight is 288 g/mol. The fourth-order valence-electron chi connectivity index (χ4n) is 3.64. The van der Waals surface area contributed by atoms with Crippen LogP contribution in [0.2, 0.25) is 0 Å². The van der Waals surface area contributed by atoms with Crippen molar-refractivity contribution in [2.75, 3.05) is 26.2 Å². The van der Waals surface area contributed by atoms with E-state index in [2.05, 4.69) is 54.4 Å². The summed E-state index contributed by atoms with van der Waals surface area (Å²) in [6, 6.07) is 11.5. The number of nitrogens with zero attached hydrogens (tertiary/aromatic N) is 1. The van der Waals surface area contributed by atoms with E-state index in [-0.39, 0.29) is 5.54 Å². The zero-order valence-corrected chi connectivity index (χ0v) is 13.3. The number of rotatable bonds is 3. The lowest BCUT2D eigenvalue weighted by Crippen LogP contribution is -2.62. The molecule has 3 rings (SSSR count). The minimum absolute atomic E-state index is 0.0641.